The molecule has 136 valence electrons. The molecule has 0 aliphatic rings. The van der Waals surface area contributed by atoms with Crippen molar-refractivity contribution in [3.8, 4) is 0 Å². The molecule has 0 unspecified atom stereocenters. The van der Waals surface area contributed by atoms with E-state index in [1.165, 1.54) is 49.7 Å². The molecule has 6 nitrogen and oxygen atoms in total. The summed E-state index contributed by atoms with van der Waals surface area (Å²) < 4.78 is 26.2. The van der Waals surface area contributed by atoms with Gasteiger partial charge in [0.25, 0.3) is 5.91 Å². The number of nitrogens with one attached hydrogen (secondary N) is 1. The van der Waals surface area contributed by atoms with Gasteiger partial charge in [0.2, 0.25) is 10.0 Å². The zero-order chi connectivity index (χ0) is 19.1. The average molecular weight is 410 g/mol. The zero-order valence-electron chi connectivity index (χ0n) is 14.3. The van der Waals surface area contributed by atoms with Gasteiger partial charge in [0.05, 0.1) is 15.1 Å². The lowest BCUT2D eigenvalue weighted by molar-refractivity contribution is 0.102. The van der Waals surface area contributed by atoms with Crippen LogP contribution in [0.3, 0.4) is 0 Å². The molecule has 9 heteroatoms. The molecule has 1 heterocycles. The van der Waals surface area contributed by atoms with Crippen LogP contribution in [0.15, 0.2) is 41.3 Å². The monoisotopic (exact) mass is 409 g/mol. The van der Waals surface area contributed by atoms with Crippen LogP contribution in [0.25, 0.3) is 10.2 Å². The summed E-state index contributed by atoms with van der Waals surface area (Å²) in [7, 11) is -0.614. The summed E-state index contributed by atoms with van der Waals surface area (Å²) in [5.41, 5.74) is 1.96. The average Bonchev–Trinajstić information content (AvgIpc) is 3.01. The number of aromatic nitrogens is 1. The molecule has 0 radical (unpaired) electrons. The molecule has 26 heavy (non-hydrogen) atoms. The number of carbonyl (C=O) groups is 1. The topological polar surface area (TPSA) is 79.4 Å². The van der Waals surface area contributed by atoms with Crippen molar-refractivity contribution in [2.45, 2.75) is 11.8 Å². The van der Waals surface area contributed by atoms with Crippen molar-refractivity contribution in [1.29, 1.82) is 0 Å². The summed E-state index contributed by atoms with van der Waals surface area (Å²) >= 11 is 7.45. The minimum atomic E-state index is -3.53. The summed E-state index contributed by atoms with van der Waals surface area (Å²) in [4.78, 5) is 17.0. The van der Waals surface area contributed by atoms with Gasteiger partial charge < -0.3 is 0 Å². The first-order chi connectivity index (χ1) is 12.2. The number of anilines is 1. The number of hydrogen-bond acceptors (Lipinski definition) is 5. The summed E-state index contributed by atoms with van der Waals surface area (Å²) in [5, 5.41) is 3.82. The minimum absolute atomic E-state index is 0.129. The van der Waals surface area contributed by atoms with Crippen LogP contribution >= 0.6 is 22.9 Å². The van der Waals surface area contributed by atoms with Gasteiger partial charge in [-0.2, -0.15) is 0 Å². The van der Waals surface area contributed by atoms with Crippen molar-refractivity contribution >= 4 is 54.2 Å². The zero-order valence-corrected chi connectivity index (χ0v) is 16.7. The molecule has 0 spiro atoms. The molecule has 0 aliphatic heterocycles. The van der Waals surface area contributed by atoms with Gasteiger partial charge in [-0.1, -0.05) is 22.9 Å². The largest absolute Gasteiger partial charge is 0.298 e. The third-order valence-electron chi connectivity index (χ3n) is 3.86. The van der Waals surface area contributed by atoms with Gasteiger partial charge in [-0.05, 0) is 48.9 Å². The number of rotatable bonds is 4. The molecule has 1 amide bonds. The van der Waals surface area contributed by atoms with Gasteiger partial charge in [-0.25, -0.2) is 17.7 Å². The van der Waals surface area contributed by atoms with E-state index in [-0.39, 0.29) is 10.8 Å². The van der Waals surface area contributed by atoms with Crippen LogP contribution in [0.5, 0.6) is 0 Å². The number of hydrogen-bond donors (Lipinski definition) is 1. The molecule has 0 bridgehead atoms. The van der Waals surface area contributed by atoms with E-state index in [4.69, 9.17) is 11.6 Å². The summed E-state index contributed by atoms with van der Waals surface area (Å²) in [5.74, 6) is -0.360. The van der Waals surface area contributed by atoms with Crippen molar-refractivity contribution in [2.75, 3.05) is 19.4 Å². The maximum absolute atomic E-state index is 12.4. The summed E-state index contributed by atoms with van der Waals surface area (Å²) in [6, 6.07) is 9.42. The quantitative estimate of drug-likeness (QED) is 0.711. The van der Waals surface area contributed by atoms with Crippen molar-refractivity contribution in [1.82, 2.24) is 9.29 Å². The number of aryl methyl sites for hydroxylation is 1. The Bertz CT molecular complexity index is 1090. The molecule has 3 rings (SSSR count). The maximum atomic E-state index is 12.4. The Balaban J connectivity index is 1.83. The van der Waals surface area contributed by atoms with Crippen LogP contribution in [0.1, 0.15) is 15.9 Å². The van der Waals surface area contributed by atoms with Crippen LogP contribution in [-0.4, -0.2) is 37.7 Å². The van der Waals surface area contributed by atoms with E-state index in [0.717, 1.165) is 20.1 Å². The molecule has 0 saturated carbocycles. The smallest absolute Gasteiger partial charge is 0.257 e. The van der Waals surface area contributed by atoms with E-state index in [2.05, 4.69) is 10.3 Å². The number of benzene rings is 2. The second-order valence-corrected chi connectivity index (χ2v) is 9.39. The predicted octanol–water partition coefficient (Wildman–Crippen LogP) is 3.76. The van der Waals surface area contributed by atoms with E-state index in [9.17, 15) is 13.2 Å². The Labute approximate surface area is 160 Å². The molecule has 0 aliphatic carbocycles. The Kier molecular flexibility index (Phi) is 5.03. The fourth-order valence-corrected chi connectivity index (χ4v) is 4.29. The standard InChI is InChI=1S/C17H16ClN3O3S2/c1-10-13(18)8-9-14-15(10)19-17(25-14)20-16(22)11-4-6-12(7-5-11)26(23,24)21(2)3/h4-9H,1-3H3,(H,19,20,22). The number of sulfonamides is 1. The molecule has 0 saturated heterocycles. The minimum Gasteiger partial charge on any atom is -0.298 e. The van der Waals surface area contributed by atoms with Crippen molar-refractivity contribution in [2.24, 2.45) is 0 Å². The predicted molar refractivity (Wildman–Crippen MR) is 105 cm³/mol. The molecule has 1 aromatic heterocycles. The molecule has 1 N–H and O–H groups in total. The lowest BCUT2D eigenvalue weighted by atomic mass is 10.2. The first-order valence-corrected chi connectivity index (χ1v) is 10.2. The van der Waals surface area contributed by atoms with Crippen molar-refractivity contribution in [3.05, 3.63) is 52.5 Å². The van der Waals surface area contributed by atoms with Crippen LogP contribution in [0.4, 0.5) is 5.13 Å². The molecule has 3 aromatic rings. The van der Waals surface area contributed by atoms with E-state index in [1.54, 1.807) is 6.07 Å². The lowest BCUT2D eigenvalue weighted by Crippen LogP contribution is -2.22. The number of nitrogens with zero attached hydrogens (tertiary/aromatic N) is 2. The molecular formula is C17H16ClN3O3S2. The third-order valence-corrected chi connectivity index (χ3v) is 7.04. The number of thiazole rings is 1. The maximum Gasteiger partial charge on any atom is 0.257 e. The van der Waals surface area contributed by atoms with E-state index in [0.29, 0.717) is 15.7 Å². The van der Waals surface area contributed by atoms with E-state index < -0.39 is 10.0 Å². The van der Waals surface area contributed by atoms with Gasteiger partial charge >= 0.3 is 0 Å². The van der Waals surface area contributed by atoms with Gasteiger partial charge in [0.1, 0.15) is 0 Å². The first kappa shape index (κ1) is 18.8. The lowest BCUT2D eigenvalue weighted by Gasteiger charge is -2.11. The molecule has 0 atom stereocenters. The molecular weight excluding hydrogens is 394 g/mol. The van der Waals surface area contributed by atoms with Crippen LogP contribution in [0, 0.1) is 6.92 Å². The highest BCUT2D eigenvalue weighted by Crippen LogP contribution is 2.31. The Morgan fingerprint density at radius 3 is 2.42 bits per heavy atom. The summed E-state index contributed by atoms with van der Waals surface area (Å²) in [6.45, 7) is 1.87. The highest BCUT2D eigenvalue weighted by molar-refractivity contribution is 7.89. The Morgan fingerprint density at radius 2 is 1.81 bits per heavy atom. The highest BCUT2D eigenvalue weighted by Gasteiger charge is 2.18. The number of halogens is 1. The SMILES string of the molecule is Cc1c(Cl)ccc2sc(NC(=O)c3ccc(S(=O)(=O)N(C)C)cc3)nc12. The van der Waals surface area contributed by atoms with E-state index in [1.807, 2.05) is 13.0 Å². The second kappa shape index (κ2) is 6.96. The molecule has 2 aromatic carbocycles. The third kappa shape index (κ3) is 3.45. The second-order valence-electron chi connectivity index (χ2n) is 5.80. The highest BCUT2D eigenvalue weighted by atomic mass is 35.5. The number of carbonyl (C=O) groups excluding carboxylic acids is 1. The van der Waals surface area contributed by atoms with Crippen molar-refractivity contribution < 1.29 is 13.2 Å². The number of amides is 1. The van der Waals surface area contributed by atoms with E-state index >= 15 is 0 Å². The van der Waals surface area contributed by atoms with Gasteiger partial charge in [-0.3, -0.25) is 10.1 Å². The Morgan fingerprint density at radius 1 is 1.15 bits per heavy atom. The Hall–Kier alpha value is -2.00. The van der Waals surface area contributed by atoms with Crippen LogP contribution in [-0.2, 0) is 10.0 Å². The van der Waals surface area contributed by atoms with Crippen LogP contribution in [0.2, 0.25) is 5.02 Å². The molecule has 0 fully saturated rings. The van der Waals surface area contributed by atoms with Gasteiger partial charge in [-0.15, -0.1) is 0 Å². The fourth-order valence-electron chi connectivity index (χ4n) is 2.31. The normalized spacial score (nSPS) is 11.9. The van der Waals surface area contributed by atoms with Gasteiger partial charge in [0.15, 0.2) is 5.13 Å². The van der Waals surface area contributed by atoms with Crippen LogP contribution < -0.4 is 5.32 Å². The number of fused-ring (bicyclic) bond motifs is 1. The summed E-state index contributed by atoms with van der Waals surface area (Å²) in [6.07, 6.45) is 0. The first-order valence-electron chi connectivity index (χ1n) is 7.60. The van der Waals surface area contributed by atoms with Gasteiger partial charge in [0, 0.05) is 24.7 Å². The van der Waals surface area contributed by atoms with Crippen molar-refractivity contribution in [3.63, 3.8) is 0 Å². The fraction of sp³-hybridized carbons (Fsp3) is 0.176.